The number of hydrogen-bond acceptors (Lipinski definition) is 1. The van der Waals surface area contributed by atoms with Crippen molar-refractivity contribution < 1.29 is 0 Å². The first-order valence-corrected chi connectivity index (χ1v) is 4.62. The molecule has 0 aromatic rings. The molecule has 0 heterocycles. The van der Waals surface area contributed by atoms with Crippen LogP contribution in [-0.2, 0) is 0 Å². The van der Waals surface area contributed by atoms with Crippen molar-refractivity contribution in [2.45, 2.75) is 39.4 Å². The molecule has 0 rings (SSSR count). The number of thioether (sulfide) groups is 1. The Labute approximate surface area is 63.4 Å². The zero-order chi connectivity index (χ0) is 7.28. The van der Waals surface area contributed by atoms with Gasteiger partial charge in [0.1, 0.15) is 0 Å². The molecule has 0 aliphatic heterocycles. The highest BCUT2D eigenvalue weighted by molar-refractivity contribution is 8.00. The monoisotopic (exact) mass is 145 g/mol. The van der Waals surface area contributed by atoms with Crippen LogP contribution in [0.15, 0.2) is 0 Å². The van der Waals surface area contributed by atoms with Crippen molar-refractivity contribution in [3.05, 3.63) is 5.92 Å². The second kappa shape index (κ2) is 5.16. The van der Waals surface area contributed by atoms with E-state index in [1.54, 1.807) is 0 Å². The summed E-state index contributed by atoms with van der Waals surface area (Å²) >= 11 is 2.05. The Morgan fingerprint density at radius 2 is 2.00 bits per heavy atom. The Balaban J connectivity index is 3.06. The van der Waals surface area contributed by atoms with Gasteiger partial charge in [-0.05, 0) is 18.1 Å². The third-order valence-corrected chi connectivity index (χ3v) is 2.88. The lowest BCUT2D eigenvalue weighted by Gasteiger charge is -2.08. The molecular formula is C8H17S. The van der Waals surface area contributed by atoms with Crippen LogP contribution in [0.2, 0.25) is 0 Å². The highest BCUT2D eigenvalue weighted by Crippen LogP contribution is 2.17. The van der Waals surface area contributed by atoms with E-state index in [1.165, 1.54) is 18.1 Å². The van der Waals surface area contributed by atoms with Crippen molar-refractivity contribution in [3.8, 4) is 0 Å². The second-order valence-electron chi connectivity index (χ2n) is 2.74. The predicted octanol–water partition coefficient (Wildman–Crippen LogP) is 3.13. The molecule has 0 N–H and O–H groups in total. The maximum Gasteiger partial charge on any atom is 0.00163 e. The van der Waals surface area contributed by atoms with Crippen molar-refractivity contribution >= 4 is 11.8 Å². The molecular weight excluding hydrogens is 128 g/mol. The Kier molecular flexibility index (Phi) is 5.36. The smallest absolute Gasteiger partial charge is 0.00163 e. The van der Waals surface area contributed by atoms with Crippen LogP contribution >= 0.6 is 11.8 Å². The Hall–Kier alpha value is 0.350. The van der Waals surface area contributed by atoms with E-state index in [-0.39, 0.29) is 0 Å². The summed E-state index contributed by atoms with van der Waals surface area (Å²) < 4.78 is 0. The van der Waals surface area contributed by atoms with Gasteiger partial charge >= 0.3 is 0 Å². The topological polar surface area (TPSA) is 0 Å². The minimum absolute atomic E-state index is 0.833. The van der Waals surface area contributed by atoms with E-state index in [4.69, 9.17) is 0 Å². The zero-order valence-electron chi connectivity index (χ0n) is 6.90. The summed E-state index contributed by atoms with van der Waals surface area (Å²) in [4.78, 5) is 0. The first-order valence-electron chi connectivity index (χ1n) is 3.57. The third kappa shape index (κ3) is 6.23. The summed E-state index contributed by atoms with van der Waals surface area (Å²) in [5, 5.41) is 0.833. The number of hydrogen-bond donors (Lipinski definition) is 0. The third-order valence-electron chi connectivity index (χ3n) is 1.23. The quantitative estimate of drug-likeness (QED) is 0.585. The van der Waals surface area contributed by atoms with E-state index < -0.39 is 0 Å². The normalized spacial score (nSPS) is 14.3. The summed E-state index contributed by atoms with van der Waals surface area (Å²) in [5.74, 6) is 2.76. The summed E-state index contributed by atoms with van der Waals surface area (Å²) in [6.45, 7) is 8.90. The van der Waals surface area contributed by atoms with Gasteiger partial charge in [0.15, 0.2) is 0 Å². The molecule has 1 radical (unpaired) electrons. The average molecular weight is 145 g/mol. The first-order chi connectivity index (χ1) is 4.16. The lowest BCUT2D eigenvalue weighted by Crippen LogP contribution is -1.97. The van der Waals surface area contributed by atoms with Crippen LogP contribution < -0.4 is 0 Å². The molecule has 0 nitrogen and oxygen atoms in total. The van der Waals surface area contributed by atoms with Crippen LogP contribution in [0.1, 0.15) is 34.1 Å². The largest absolute Gasteiger partial charge is 0.158 e. The molecule has 0 fully saturated rings. The minimum atomic E-state index is 0.833. The molecule has 1 unspecified atom stereocenters. The van der Waals surface area contributed by atoms with E-state index in [1.807, 2.05) is 11.8 Å². The highest BCUT2D eigenvalue weighted by atomic mass is 32.2. The molecule has 55 valence electrons. The minimum Gasteiger partial charge on any atom is -0.158 e. The SMILES string of the molecule is CCC(C)SC[C](C)C. The Morgan fingerprint density at radius 3 is 2.33 bits per heavy atom. The standard InChI is InChI=1S/C8H17S/c1-5-8(4)9-6-7(2)3/h8H,5-6H2,1-4H3. The fourth-order valence-corrected chi connectivity index (χ4v) is 1.28. The second-order valence-corrected chi connectivity index (χ2v) is 4.16. The van der Waals surface area contributed by atoms with Gasteiger partial charge in [-0.2, -0.15) is 11.8 Å². The first kappa shape index (κ1) is 9.35. The van der Waals surface area contributed by atoms with Crippen molar-refractivity contribution in [3.63, 3.8) is 0 Å². The van der Waals surface area contributed by atoms with Gasteiger partial charge in [-0.3, -0.25) is 0 Å². The van der Waals surface area contributed by atoms with E-state index in [0.717, 1.165) is 5.25 Å². The summed E-state index contributed by atoms with van der Waals surface area (Å²) in [5.41, 5.74) is 0. The molecule has 0 amide bonds. The fourth-order valence-electron chi connectivity index (χ4n) is 0.427. The molecule has 0 saturated carbocycles. The van der Waals surface area contributed by atoms with Crippen molar-refractivity contribution in [1.29, 1.82) is 0 Å². The van der Waals surface area contributed by atoms with Gasteiger partial charge < -0.3 is 0 Å². The molecule has 0 spiro atoms. The maximum atomic E-state index is 2.29. The van der Waals surface area contributed by atoms with Crippen molar-refractivity contribution in [2.75, 3.05) is 5.75 Å². The van der Waals surface area contributed by atoms with E-state index in [9.17, 15) is 0 Å². The fraction of sp³-hybridized carbons (Fsp3) is 0.875. The zero-order valence-corrected chi connectivity index (χ0v) is 7.72. The van der Waals surface area contributed by atoms with Gasteiger partial charge in [0.25, 0.3) is 0 Å². The molecule has 1 atom stereocenters. The van der Waals surface area contributed by atoms with E-state index in [2.05, 4.69) is 27.7 Å². The Morgan fingerprint density at radius 1 is 1.44 bits per heavy atom. The van der Waals surface area contributed by atoms with Crippen LogP contribution in [0.5, 0.6) is 0 Å². The van der Waals surface area contributed by atoms with Crippen LogP contribution in [-0.4, -0.2) is 11.0 Å². The highest BCUT2D eigenvalue weighted by Gasteiger charge is 2.00. The van der Waals surface area contributed by atoms with Crippen LogP contribution in [0.4, 0.5) is 0 Å². The molecule has 0 saturated heterocycles. The maximum absolute atomic E-state index is 2.29. The summed E-state index contributed by atoms with van der Waals surface area (Å²) in [6.07, 6.45) is 1.29. The van der Waals surface area contributed by atoms with Gasteiger partial charge in [-0.15, -0.1) is 0 Å². The summed E-state index contributed by atoms with van der Waals surface area (Å²) in [6, 6.07) is 0. The molecule has 0 aromatic heterocycles. The lowest BCUT2D eigenvalue weighted by atomic mass is 10.3. The van der Waals surface area contributed by atoms with Crippen molar-refractivity contribution in [2.24, 2.45) is 0 Å². The molecule has 0 aliphatic rings. The molecule has 1 heteroatoms. The van der Waals surface area contributed by atoms with Gasteiger partial charge in [0.05, 0.1) is 0 Å². The molecule has 0 bridgehead atoms. The van der Waals surface area contributed by atoms with Gasteiger partial charge in [-0.1, -0.05) is 27.7 Å². The van der Waals surface area contributed by atoms with Crippen LogP contribution in [0, 0.1) is 5.92 Å². The van der Waals surface area contributed by atoms with Crippen LogP contribution in [0.3, 0.4) is 0 Å². The van der Waals surface area contributed by atoms with Gasteiger partial charge in [0.2, 0.25) is 0 Å². The van der Waals surface area contributed by atoms with Gasteiger partial charge in [0, 0.05) is 5.25 Å². The summed E-state index contributed by atoms with van der Waals surface area (Å²) in [7, 11) is 0. The molecule has 0 aromatic carbocycles. The predicted molar refractivity (Wildman–Crippen MR) is 46.8 cm³/mol. The van der Waals surface area contributed by atoms with Crippen LogP contribution in [0.25, 0.3) is 0 Å². The lowest BCUT2D eigenvalue weighted by molar-refractivity contribution is 0.904. The average Bonchev–Trinajstić information content (AvgIpc) is 1.83. The molecule has 0 aliphatic carbocycles. The number of rotatable bonds is 4. The Bertz CT molecular complexity index is 59.6. The van der Waals surface area contributed by atoms with Crippen molar-refractivity contribution in [1.82, 2.24) is 0 Å². The van der Waals surface area contributed by atoms with E-state index >= 15 is 0 Å². The van der Waals surface area contributed by atoms with Gasteiger partial charge in [-0.25, -0.2) is 0 Å². The molecule has 9 heavy (non-hydrogen) atoms. The van der Waals surface area contributed by atoms with E-state index in [0.29, 0.717) is 0 Å².